The Morgan fingerprint density at radius 2 is 1.48 bits per heavy atom. The highest BCUT2D eigenvalue weighted by Gasteiger charge is 2.23. The van der Waals surface area contributed by atoms with Gasteiger partial charge in [0.25, 0.3) is 0 Å². The number of aromatic nitrogens is 2. The highest BCUT2D eigenvalue weighted by atomic mass is 15.3. The average molecular weight is 386 g/mol. The van der Waals surface area contributed by atoms with Crippen LogP contribution in [0.3, 0.4) is 0 Å². The summed E-state index contributed by atoms with van der Waals surface area (Å²) in [6.45, 7) is 7.01. The molecule has 3 heterocycles. The predicted molar refractivity (Wildman–Crippen MR) is 119 cm³/mol. The summed E-state index contributed by atoms with van der Waals surface area (Å²) < 4.78 is 0. The van der Waals surface area contributed by atoms with Crippen LogP contribution < -0.4 is 14.7 Å². The van der Waals surface area contributed by atoms with Crippen molar-refractivity contribution in [1.29, 1.82) is 0 Å². The van der Waals surface area contributed by atoms with Gasteiger partial charge in [-0.1, -0.05) is 36.4 Å². The van der Waals surface area contributed by atoms with Gasteiger partial charge in [0.1, 0.15) is 5.82 Å². The molecule has 2 aliphatic rings. The third kappa shape index (κ3) is 3.65. The smallest absolute Gasteiger partial charge is 0.232 e. The first kappa shape index (κ1) is 18.0. The lowest BCUT2D eigenvalue weighted by atomic mass is 10.0. The fourth-order valence-corrected chi connectivity index (χ4v) is 4.39. The van der Waals surface area contributed by atoms with Crippen LogP contribution in [0, 0.1) is 6.92 Å². The van der Waals surface area contributed by atoms with Crippen LogP contribution in [0.1, 0.15) is 17.7 Å². The van der Waals surface area contributed by atoms with E-state index in [9.17, 15) is 0 Å². The van der Waals surface area contributed by atoms with Gasteiger partial charge in [-0.05, 0) is 43.5 Å². The van der Waals surface area contributed by atoms with Crippen LogP contribution in [-0.2, 0) is 6.42 Å². The van der Waals surface area contributed by atoms with E-state index in [-0.39, 0.29) is 0 Å². The molecular weight excluding hydrogens is 358 g/mol. The summed E-state index contributed by atoms with van der Waals surface area (Å²) in [4.78, 5) is 16.9. The molecule has 0 unspecified atom stereocenters. The van der Waals surface area contributed by atoms with Gasteiger partial charge in [0.05, 0.1) is 0 Å². The van der Waals surface area contributed by atoms with Gasteiger partial charge < -0.3 is 14.7 Å². The number of rotatable bonds is 3. The maximum atomic E-state index is 5.00. The van der Waals surface area contributed by atoms with E-state index in [0.717, 1.165) is 63.0 Å². The van der Waals surface area contributed by atoms with E-state index in [1.807, 2.05) is 0 Å². The quantitative estimate of drug-likeness (QED) is 0.675. The van der Waals surface area contributed by atoms with Crippen LogP contribution in [0.15, 0.2) is 60.7 Å². The molecule has 0 saturated carbocycles. The van der Waals surface area contributed by atoms with E-state index in [1.54, 1.807) is 0 Å². The van der Waals surface area contributed by atoms with Crippen molar-refractivity contribution in [2.45, 2.75) is 19.8 Å². The van der Waals surface area contributed by atoms with Crippen LogP contribution in [0.4, 0.5) is 23.1 Å². The van der Waals surface area contributed by atoms with Crippen LogP contribution in [-0.4, -0.2) is 42.7 Å². The molecule has 0 aliphatic carbocycles. The highest BCUT2D eigenvalue weighted by molar-refractivity contribution is 5.64. The van der Waals surface area contributed by atoms with Gasteiger partial charge in [0.2, 0.25) is 5.95 Å². The minimum Gasteiger partial charge on any atom is -0.368 e. The molecule has 148 valence electrons. The topological polar surface area (TPSA) is 35.5 Å². The molecule has 29 heavy (non-hydrogen) atoms. The van der Waals surface area contributed by atoms with Crippen LogP contribution >= 0.6 is 0 Å². The fraction of sp³-hybridized carbons (Fsp3) is 0.333. The largest absolute Gasteiger partial charge is 0.368 e. The summed E-state index contributed by atoms with van der Waals surface area (Å²) in [5.74, 6) is 1.88. The Labute approximate surface area is 172 Å². The molecular formula is C24H27N5. The van der Waals surface area contributed by atoms with Crippen molar-refractivity contribution in [2.24, 2.45) is 0 Å². The first-order valence-electron chi connectivity index (χ1n) is 10.5. The molecule has 3 aromatic rings. The first-order chi connectivity index (χ1) is 14.3. The molecule has 1 saturated heterocycles. The van der Waals surface area contributed by atoms with E-state index in [4.69, 9.17) is 9.97 Å². The van der Waals surface area contributed by atoms with Crippen LogP contribution in [0.25, 0.3) is 0 Å². The van der Waals surface area contributed by atoms with Crippen molar-refractivity contribution in [3.8, 4) is 0 Å². The number of hydrogen-bond donors (Lipinski definition) is 0. The Morgan fingerprint density at radius 1 is 0.759 bits per heavy atom. The molecule has 5 heteroatoms. The molecule has 0 spiro atoms. The van der Waals surface area contributed by atoms with E-state index >= 15 is 0 Å². The highest BCUT2D eigenvalue weighted by Crippen LogP contribution is 2.32. The van der Waals surface area contributed by atoms with Gasteiger partial charge >= 0.3 is 0 Å². The monoisotopic (exact) mass is 385 g/mol. The Morgan fingerprint density at radius 3 is 2.31 bits per heavy atom. The van der Waals surface area contributed by atoms with Gasteiger partial charge in [0, 0.05) is 55.9 Å². The zero-order chi connectivity index (χ0) is 19.6. The van der Waals surface area contributed by atoms with Crippen molar-refractivity contribution < 1.29 is 0 Å². The molecule has 2 aliphatic heterocycles. The van der Waals surface area contributed by atoms with Crippen molar-refractivity contribution in [1.82, 2.24) is 9.97 Å². The lowest BCUT2D eigenvalue weighted by Crippen LogP contribution is -2.47. The number of benzene rings is 2. The summed E-state index contributed by atoms with van der Waals surface area (Å²) in [5.41, 5.74) is 4.97. The molecule has 1 aromatic heterocycles. The first-order valence-corrected chi connectivity index (χ1v) is 10.5. The number of aryl methyl sites for hydroxylation is 2. The summed E-state index contributed by atoms with van der Waals surface area (Å²) in [7, 11) is 0. The number of anilines is 4. The number of hydrogen-bond acceptors (Lipinski definition) is 5. The van der Waals surface area contributed by atoms with Crippen molar-refractivity contribution in [3.05, 3.63) is 71.9 Å². The molecule has 0 N–H and O–H groups in total. The fourth-order valence-electron chi connectivity index (χ4n) is 4.39. The normalized spacial score (nSPS) is 16.7. The number of para-hydroxylation sites is 2. The van der Waals surface area contributed by atoms with Gasteiger partial charge in [0.15, 0.2) is 0 Å². The molecule has 2 aromatic carbocycles. The molecule has 5 rings (SSSR count). The molecule has 0 radical (unpaired) electrons. The Bertz CT molecular complexity index is 980. The van der Waals surface area contributed by atoms with Crippen LogP contribution in [0.5, 0.6) is 0 Å². The Balaban J connectivity index is 1.37. The lowest BCUT2D eigenvalue weighted by molar-refractivity contribution is 0.645. The second-order valence-electron chi connectivity index (χ2n) is 7.86. The van der Waals surface area contributed by atoms with Crippen molar-refractivity contribution >= 4 is 23.1 Å². The molecule has 0 amide bonds. The molecule has 5 nitrogen and oxygen atoms in total. The maximum absolute atomic E-state index is 5.00. The SMILES string of the molecule is Cc1cc(N2CCN(c3ccccc3)CC2)nc(N2CCCc3ccccc32)n1. The van der Waals surface area contributed by atoms with Gasteiger partial charge in [-0.3, -0.25) is 0 Å². The third-order valence-electron chi connectivity index (χ3n) is 5.91. The maximum Gasteiger partial charge on any atom is 0.232 e. The summed E-state index contributed by atoms with van der Waals surface area (Å²) >= 11 is 0. The summed E-state index contributed by atoms with van der Waals surface area (Å²) in [6.07, 6.45) is 2.27. The van der Waals surface area contributed by atoms with Crippen LogP contribution in [0.2, 0.25) is 0 Å². The molecule has 1 fully saturated rings. The molecule has 0 atom stereocenters. The Hall–Kier alpha value is -3.08. The molecule has 0 bridgehead atoms. The third-order valence-corrected chi connectivity index (χ3v) is 5.91. The zero-order valence-corrected chi connectivity index (χ0v) is 17.0. The summed E-state index contributed by atoms with van der Waals surface area (Å²) in [6, 6.07) is 21.4. The van der Waals surface area contributed by atoms with Gasteiger partial charge in [-0.15, -0.1) is 0 Å². The minimum atomic E-state index is 0.831. The number of nitrogens with zero attached hydrogens (tertiary/aromatic N) is 5. The number of fused-ring (bicyclic) bond motifs is 1. The minimum absolute atomic E-state index is 0.831. The summed E-state index contributed by atoms with van der Waals surface area (Å²) in [5, 5.41) is 0. The van der Waals surface area contributed by atoms with E-state index in [1.165, 1.54) is 16.9 Å². The number of piperazine rings is 1. The van der Waals surface area contributed by atoms with E-state index in [0.29, 0.717) is 0 Å². The lowest BCUT2D eigenvalue weighted by Gasteiger charge is -2.37. The van der Waals surface area contributed by atoms with E-state index < -0.39 is 0 Å². The van der Waals surface area contributed by atoms with E-state index in [2.05, 4.69) is 82.3 Å². The standard InChI is InChI=1S/C24H27N5/c1-19-18-23(28-16-14-27(15-17-28)21-10-3-2-4-11-21)26-24(25-19)29-13-7-9-20-8-5-6-12-22(20)29/h2-6,8,10-12,18H,7,9,13-17H2,1H3. The average Bonchev–Trinajstić information content (AvgIpc) is 2.79. The Kier molecular flexibility index (Phi) is 4.80. The van der Waals surface area contributed by atoms with Crippen molar-refractivity contribution in [3.63, 3.8) is 0 Å². The van der Waals surface area contributed by atoms with Crippen molar-refractivity contribution in [2.75, 3.05) is 47.4 Å². The second kappa shape index (κ2) is 7.74. The van der Waals surface area contributed by atoms with Gasteiger partial charge in [-0.2, -0.15) is 4.98 Å². The van der Waals surface area contributed by atoms with Gasteiger partial charge in [-0.25, -0.2) is 4.98 Å². The second-order valence-corrected chi connectivity index (χ2v) is 7.86. The predicted octanol–water partition coefficient (Wildman–Crippen LogP) is 4.20. The zero-order valence-electron chi connectivity index (χ0n) is 17.0.